The lowest BCUT2D eigenvalue weighted by Gasteiger charge is -2.10. The van der Waals surface area contributed by atoms with Crippen LogP contribution in [0.5, 0.6) is 5.75 Å². The molecule has 0 radical (unpaired) electrons. The lowest BCUT2D eigenvalue weighted by molar-refractivity contribution is -0.137. The number of rotatable bonds is 5. The SMILES string of the molecule is CC(C)Oc1ccc(C(=O)N/N=C\c2ccccc2C(F)(F)F)cc1. The fourth-order valence-electron chi connectivity index (χ4n) is 2.05. The quantitative estimate of drug-likeness (QED) is 0.647. The van der Waals surface area contributed by atoms with Crippen LogP contribution in [0.3, 0.4) is 0 Å². The fraction of sp³-hybridized carbons (Fsp3) is 0.222. The molecular formula is C18H17F3N2O2. The van der Waals surface area contributed by atoms with Gasteiger partial charge in [0.25, 0.3) is 5.91 Å². The van der Waals surface area contributed by atoms with E-state index in [4.69, 9.17) is 4.74 Å². The van der Waals surface area contributed by atoms with Gasteiger partial charge in [-0.05, 0) is 44.2 Å². The van der Waals surface area contributed by atoms with Crippen molar-refractivity contribution in [1.82, 2.24) is 5.43 Å². The van der Waals surface area contributed by atoms with E-state index in [0.717, 1.165) is 12.3 Å². The molecule has 0 unspecified atom stereocenters. The van der Waals surface area contributed by atoms with Gasteiger partial charge in [0.05, 0.1) is 17.9 Å². The van der Waals surface area contributed by atoms with Crippen molar-refractivity contribution < 1.29 is 22.7 Å². The summed E-state index contributed by atoms with van der Waals surface area (Å²) in [7, 11) is 0. The van der Waals surface area contributed by atoms with Crippen LogP contribution in [0.4, 0.5) is 13.2 Å². The van der Waals surface area contributed by atoms with Gasteiger partial charge in [-0.3, -0.25) is 4.79 Å². The summed E-state index contributed by atoms with van der Waals surface area (Å²) in [6, 6.07) is 11.4. The second kappa shape index (κ2) is 7.83. The van der Waals surface area contributed by atoms with Crippen molar-refractivity contribution >= 4 is 12.1 Å². The Hall–Kier alpha value is -2.83. The summed E-state index contributed by atoms with van der Waals surface area (Å²) < 4.78 is 44.1. The Morgan fingerprint density at radius 3 is 2.36 bits per heavy atom. The average molecular weight is 350 g/mol. The van der Waals surface area contributed by atoms with Crippen LogP contribution in [0.15, 0.2) is 53.6 Å². The maximum Gasteiger partial charge on any atom is 0.417 e. The van der Waals surface area contributed by atoms with Gasteiger partial charge in [0.1, 0.15) is 5.75 Å². The predicted octanol–water partition coefficient (Wildman–Crippen LogP) is 4.26. The third-order valence-corrected chi connectivity index (χ3v) is 3.12. The molecule has 2 aromatic carbocycles. The highest BCUT2D eigenvalue weighted by molar-refractivity contribution is 5.95. The van der Waals surface area contributed by atoms with Crippen LogP contribution < -0.4 is 10.2 Å². The first-order chi connectivity index (χ1) is 11.8. The van der Waals surface area contributed by atoms with Crippen LogP contribution in [-0.4, -0.2) is 18.2 Å². The number of carbonyl (C=O) groups excluding carboxylic acids is 1. The highest BCUT2D eigenvalue weighted by Gasteiger charge is 2.32. The molecule has 0 fully saturated rings. The van der Waals surface area contributed by atoms with Gasteiger partial charge in [-0.2, -0.15) is 18.3 Å². The number of ether oxygens (including phenoxy) is 1. The smallest absolute Gasteiger partial charge is 0.417 e. The summed E-state index contributed by atoms with van der Waals surface area (Å²) in [6.07, 6.45) is -3.51. The third-order valence-electron chi connectivity index (χ3n) is 3.12. The molecule has 0 aliphatic rings. The van der Waals surface area contributed by atoms with E-state index in [9.17, 15) is 18.0 Å². The summed E-state index contributed by atoms with van der Waals surface area (Å²) in [5, 5.41) is 3.61. The van der Waals surface area contributed by atoms with Gasteiger partial charge in [-0.25, -0.2) is 5.43 Å². The Bertz CT molecular complexity index is 754. The van der Waals surface area contributed by atoms with E-state index in [0.29, 0.717) is 11.3 Å². The maximum absolute atomic E-state index is 12.9. The molecule has 1 amide bonds. The standard InChI is InChI=1S/C18H17F3N2O2/c1-12(2)25-15-9-7-13(8-10-15)17(24)23-22-11-14-5-3-4-6-16(14)18(19,20)21/h3-12H,1-2H3,(H,23,24)/b22-11-. The van der Waals surface area contributed by atoms with Crippen LogP contribution in [0.2, 0.25) is 0 Å². The lowest BCUT2D eigenvalue weighted by atomic mass is 10.1. The molecule has 0 bridgehead atoms. The van der Waals surface area contributed by atoms with E-state index >= 15 is 0 Å². The molecular weight excluding hydrogens is 333 g/mol. The number of nitrogens with zero attached hydrogens (tertiary/aromatic N) is 1. The van der Waals surface area contributed by atoms with Crippen LogP contribution in [0.25, 0.3) is 0 Å². The Balaban J connectivity index is 2.04. The molecule has 2 aromatic rings. The topological polar surface area (TPSA) is 50.7 Å². The molecule has 0 aliphatic carbocycles. The van der Waals surface area contributed by atoms with Crippen molar-refractivity contribution in [3.8, 4) is 5.75 Å². The van der Waals surface area contributed by atoms with Crippen molar-refractivity contribution in [2.24, 2.45) is 5.10 Å². The zero-order valence-electron chi connectivity index (χ0n) is 13.7. The Kier molecular flexibility index (Phi) is 5.80. The number of carbonyl (C=O) groups is 1. The van der Waals surface area contributed by atoms with Crippen LogP contribution in [-0.2, 0) is 6.18 Å². The Morgan fingerprint density at radius 1 is 1.12 bits per heavy atom. The number of amides is 1. The molecule has 4 nitrogen and oxygen atoms in total. The minimum Gasteiger partial charge on any atom is -0.491 e. The predicted molar refractivity (Wildman–Crippen MR) is 88.7 cm³/mol. The zero-order chi connectivity index (χ0) is 18.4. The first-order valence-electron chi connectivity index (χ1n) is 7.53. The number of nitrogens with one attached hydrogen (secondary N) is 1. The second-order valence-corrected chi connectivity index (χ2v) is 5.48. The molecule has 0 aromatic heterocycles. The minimum atomic E-state index is -4.49. The summed E-state index contributed by atoms with van der Waals surface area (Å²) in [5.41, 5.74) is 1.58. The van der Waals surface area contributed by atoms with E-state index in [1.54, 1.807) is 24.3 Å². The first kappa shape index (κ1) is 18.5. The van der Waals surface area contributed by atoms with Crippen molar-refractivity contribution in [1.29, 1.82) is 0 Å². The number of benzene rings is 2. The molecule has 0 aliphatic heterocycles. The van der Waals surface area contributed by atoms with E-state index in [1.165, 1.54) is 18.2 Å². The Morgan fingerprint density at radius 2 is 1.76 bits per heavy atom. The molecule has 0 saturated heterocycles. The van der Waals surface area contributed by atoms with Crippen molar-refractivity contribution in [3.05, 3.63) is 65.2 Å². The maximum atomic E-state index is 12.9. The highest BCUT2D eigenvalue weighted by atomic mass is 19.4. The molecule has 7 heteroatoms. The van der Waals surface area contributed by atoms with Crippen LogP contribution in [0.1, 0.15) is 35.3 Å². The number of alkyl halides is 3. The summed E-state index contributed by atoms with van der Waals surface area (Å²) in [6.45, 7) is 3.77. The third kappa shape index (κ3) is 5.34. The van der Waals surface area contributed by atoms with E-state index in [2.05, 4.69) is 10.5 Å². The van der Waals surface area contributed by atoms with Gasteiger partial charge in [-0.15, -0.1) is 0 Å². The number of hydrogen-bond donors (Lipinski definition) is 1. The number of hydrazone groups is 1. The summed E-state index contributed by atoms with van der Waals surface area (Å²) in [5.74, 6) is 0.0889. The monoisotopic (exact) mass is 350 g/mol. The van der Waals surface area contributed by atoms with E-state index in [-0.39, 0.29) is 11.7 Å². The van der Waals surface area contributed by atoms with Gasteiger partial charge in [0.2, 0.25) is 0 Å². The minimum absolute atomic E-state index is 0.0120. The molecule has 0 saturated carbocycles. The van der Waals surface area contributed by atoms with Gasteiger partial charge >= 0.3 is 6.18 Å². The highest BCUT2D eigenvalue weighted by Crippen LogP contribution is 2.31. The van der Waals surface area contributed by atoms with Crippen molar-refractivity contribution in [2.75, 3.05) is 0 Å². The fourth-order valence-corrected chi connectivity index (χ4v) is 2.05. The van der Waals surface area contributed by atoms with Crippen molar-refractivity contribution in [3.63, 3.8) is 0 Å². The van der Waals surface area contributed by atoms with Crippen LogP contribution >= 0.6 is 0 Å². The largest absolute Gasteiger partial charge is 0.491 e. The van der Waals surface area contributed by atoms with E-state index < -0.39 is 17.6 Å². The molecule has 2 rings (SSSR count). The molecule has 132 valence electrons. The average Bonchev–Trinajstić information content (AvgIpc) is 2.54. The lowest BCUT2D eigenvalue weighted by Crippen LogP contribution is -2.18. The van der Waals surface area contributed by atoms with Gasteiger partial charge in [0, 0.05) is 11.1 Å². The Labute approximate surface area is 143 Å². The molecule has 1 N–H and O–H groups in total. The molecule has 0 spiro atoms. The van der Waals surface area contributed by atoms with Crippen molar-refractivity contribution in [2.45, 2.75) is 26.1 Å². The summed E-state index contributed by atoms with van der Waals surface area (Å²) in [4.78, 5) is 12.0. The van der Waals surface area contributed by atoms with Gasteiger partial charge in [0.15, 0.2) is 0 Å². The normalized spacial score (nSPS) is 11.8. The zero-order valence-corrected chi connectivity index (χ0v) is 13.7. The molecule has 0 atom stereocenters. The number of hydrogen-bond acceptors (Lipinski definition) is 3. The summed E-state index contributed by atoms with van der Waals surface area (Å²) >= 11 is 0. The van der Waals surface area contributed by atoms with Gasteiger partial charge < -0.3 is 4.74 Å². The first-order valence-corrected chi connectivity index (χ1v) is 7.53. The molecule has 25 heavy (non-hydrogen) atoms. The number of halogens is 3. The second-order valence-electron chi connectivity index (χ2n) is 5.48. The van der Waals surface area contributed by atoms with Gasteiger partial charge in [-0.1, -0.05) is 18.2 Å². The molecule has 0 heterocycles. The van der Waals surface area contributed by atoms with E-state index in [1.807, 2.05) is 13.8 Å². The van der Waals surface area contributed by atoms with Crippen LogP contribution in [0, 0.1) is 0 Å².